The van der Waals surface area contributed by atoms with Crippen LogP contribution in [0.15, 0.2) is 53.4 Å². The summed E-state index contributed by atoms with van der Waals surface area (Å²) in [6.07, 6.45) is -2.62. The second-order valence-corrected chi connectivity index (χ2v) is 7.51. The number of hydrogen-bond donors (Lipinski definition) is 2. The van der Waals surface area contributed by atoms with Gasteiger partial charge in [0.2, 0.25) is 0 Å². The van der Waals surface area contributed by atoms with Gasteiger partial charge in [-0.3, -0.25) is 4.72 Å². The molecule has 0 fully saturated rings. The third-order valence-corrected chi connectivity index (χ3v) is 5.11. The fraction of sp³-hybridized carbons (Fsp3) is 0.333. The van der Waals surface area contributed by atoms with Gasteiger partial charge in [0, 0.05) is 5.69 Å². The maximum Gasteiger partial charge on any atom is 0.416 e. The Labute approximate surface area is 151 Å². The molecular formula is C18H21F3N2O2S. The fourth-order valence-corrected chi connectivity index (χ4v) is 3.37. The van der Waals surface area contributed by atoms with Gasteiger partial charge in [0.05, 0.1) is 10.5 Å². The van der Waals surface area contributed by atoms with Gasteiger partial charge in [-0.25, -0.2) is 8.42 Å². The molecular weight excluding hydrogens is 365 g/mol. The molecule has 0 bridgehead atoms. The van der Waals surface area contributed by atoms with Crippen molar-refractivity contribution in [2.45, 2.75) is 30.8 Å². The molecule has 0 aliphatic heterocycles. The molecule has 2 N–H and O–H groups in total. The molecule has 0 saturated heterocycles. The van der Waals surface area contributed by atoms with Crippen LogP contribution >= 0.6 is 0 Å². The molecule has 4 nitrogen and oxygen atoms in total. The van der Waals surface area contributed by atoms with E-state index in [1.54, 1.807) is 12.1 Å². The van der Waals surface area contributed by atoms with Crippen molar-refractivity contribution in [1.29, 1.82) is 0 Å². The molecule has 2 aromatic rings. The Bertz CT molecular complexity index is 802. The molecule has 0 spiro atoms. The number of benzene rings is 2. The quantitative estimate of drug-likeness (QED) is 0.673. The highest BCUT2D eigenvalue weighted by Gasteiger charge is 2.30. The van der Waals surface area contributed by atoms with E-state index in [2.05, 4.69) is 17.0 Å². The third kappa shape index (κ3) is 5.74. The van der Waals surface area contributed by atoms with Crippen LogP contribution in [0.3, 0.4) is 0 Å². The zero-order valence-corrected chi connectivity index (χ0v) is 15.1. The van der Waals surface area contributed by atoms with E-state index in [0.717, 1.165) is 55.8 Å². The normalized spacial score (nSPS) is 12.2. The predicted octanol–water partition coefficient (Wildman–Crippen LogP) is 4.05. The molecule has 8 heteroatoms. The number of halogens is 3. The smallest absolute Gasteiger partial charge is 0.316 e. The van der Waals surface area contributed by atoms with E-state index in [0.29, 0.717) is 5.69 Å². The molecule has 26 heavy (non-hydrogen) atoms. The first-order chi connectivity index (χ1) is 12.2. The van der Waals surface area contributed by atoms with Crippen molar-refractivity contribution in [1.82, 2.24) is 5.32 Å². The Morgan fingerprint density at radius 3 is 2.08 bits per heavy atom. The molecule has 142 valence electrons. The van der Waals surface area contributed by atoms with E-state index in [9.17, 15) is 21.6 Å². The standard InChI is InChI=1S/C18H21F3N2O2S/c1-2-12-22-13-11-14-3-7-16(8-4-14)23-26(24,25)17-9-5-15(6-10-17)18(19,20)21/h3-10,22-23H,2,11-13H2,1H3. The van der Waals surface area contributed by atoms with Crippen molar-refractivity contribution in [3.8, 4) is 0 Å². The van der Waals surface area contributed by atoms with Crippen LogP contribution < -0.4 is 10.0 Å². The molecule has 0 unspecified atom stereocenters. The summed E-state index contributed by atoms with van der Waals surface area (Å²) in [5, 5.41) is 3.28. The Kier molecular flexibility index (Phi) is 6.66. The van der Waals surface area contributed by atoms with Gasteiger partial charge in [-0.1, -0.05) is 19.1 Å². The summed E-state index contributed by atoms with van der Waals surface area (Å²) in [7, 11) is -3.94. The Hall–Kier alpha value is -2.06. The van der Waals surface area contributed by atoms with Crippen LogP contribution in [0.25, 0.3) is 0 Å². The summed E-state index contributed by atoms with van der Waals surface area (Å²) < 4.78 is 64.6. The summed E-state index contributed by atoms with van der Waals surface area (Å²) in [4.78, 5) is -0.224. The zero-order chi connectivity index (χ0) is 19.2. The van der Waals surface area contributed by atoms with Crippen molar-refractivity contribution in [2.24, 2.45) is 0 Å². The zero-order valence-electron chi connectivity index (χ0n) is 14.3. The Balaban J connectivity index is 2.02. The highest BCUT2D eigenvalue weighted by Crippen LogP contribution is 2.30. The number of rotatable bonds is 8. The number of alkyl halides is 3. The topological polar surface area (TPSA) is 58.2 Å². The van der Waals surface area contributed by atoms with E-state index < -0.39 is 21.8 Å². The van der Waals surface area contributed by atoms with Crippen LogP contribution in [0.2, 0.25) is 0 Å². The van der Waals surface area contributed by atoms with Crippen LogP contribution in [0, 0.1) is 0 Å². The van der Waals surface area contributed by atoms with E-state index in [4.69, 9.17) is 0 Å². The average molecular weight is 386 g/mol. The lowest BCUT2D eigenvalue weighted by atomic mass is 10.1. The summed E-state index contributed by atoms with van der Waals surface area (Å²) in [6, 6.07) is 10.3. The third-order valence-electron chi connectivity index (χ3n) is 3.72. The first-order valence-corrected chi connectivity index (χ1v) is 9.70. The van der Waals surface area contributed by atoms with E-state index in [1.165, 1.54) is 0 Å². The van der Waals surface area contributed by atoms with Gasteiger partial charge in [0.25, 0.3) is 10.0 Å². The summed E-state index contributed by atoms with van der Waals surface area (Å²) >= 11 is 0. The molecule has 0 heterocycles. The molecule has 0 saturated carbocycles. The maximum atomic E-state index is 12.6. The van der Waals surface area contributed by atoms with Crippen LogP contribution in [0.5, 0.6) is 0 Å². The molecule has 0 amide bonds. The highest BCUT2D eigenvalue weighted by molar-refractivity contribution is 7.92. The number of hydrogen-bond acceptors (Lipinski definition) is 3. The van der Waals surface area contributed by atoms with Crippen molar-refractivity contribution < 1.29 is 21.6 Å². The Morgan fingerprint density at radius 2 is 1.54 bits per heavy atom. The Morgan fingerprint density at radius 1 is 0.923 bits per heavy atom. The maximum absolute atomic E-state index is 12.6. The van der Waals surface area contributed by atoms with E-state index in [1.807, 2.05) is 12.1 Å². The lowest BCUT2D eigenvalue weighted by molar-refractivity contribution is -0.137. The molecule has 2 aromatic carbocycles. The second kappa shape index (κ2) is 8.55. The fourth-order valence-electron chi connectivity index (χ4n) is 2.31. The molecule has 2 rings (SSSR count). The number of nitrogens with one attached hydrogen (secondary N) is 2. The largest absolute Gasteiger partial charge is 0.416 e. The molecule has 0 aliphatic carbocycles. The molecule has 0 radical (unpaired) electrons. The van der Waals surface area contributed by atoms with Gasteiger partial charge in [-0.2, -0.15) is 13.2 Å². The van der Waals surface area contributed by atoms with Crippen molar-refractivity contribution >= 4 is 15.7 Å². The predicted molar refractivity (Wildman–Crippen MR) is 95.6 cm³/mol. The first-order valence-electron chi connectivity index (χ1n) is 8.22. The highest BCUT2D eigenvalue weighted by atomic mass is 32.2. The minimum Gasteiger partial charge on any atom is -0.316 e. The van der Waals surface area contributed by atoms with Gasteiger partial charge in [0.15, 0.2) is 0 Å². The van der Waals surface area contributed by atoms with Crippen molar-refractivity contribution in [2.75, 3.05) is 17.8 Å². The first kappa shape index (κ1) is 20.3. The molecule has 0 atom stereocenters. The minimum absolute atomic E-state index is 0.224. The van der Waals surface area contributed by atoms with Crippen molar-refractivity contribution in [3.05, 3.63) is 59.7 Å². The van der Waals surface area contributed by atoms with Crippen LogP contribution in [-0.4, -0.2) is 21.5 Å². The second-order valence-electron chi connectivity index (χ2n) is 5.82. The van der Waals surface area contributed by atoms with Crippen LogP contribution in [-0.2, 0) is 22.6 Å². The summed E-state index contributed by atoms with van der Waals surface area (Å²) in [5.74, 6) is 0. The monoisotopic (exact) mass is 386 g/mol. The minimum atomic E-state index is -4.50. The molecule has 0 aliphatic rings. The van der Waals surface area contributed by atoms with Gasteiger partial charge in [-0.15, -0.1) is 0 Å². The summed E-state index contributed by atoms with van der Waals surface area (Å²) in [5.41, 5.74) is 0.527. The SMILES string of the molecule is CCCNCCc1ccc(NS(=O)(=O)c2ccc(C(F)(F)F)cc2)cc1. The van der Waals surface area contributed by atoms with E-state index >= 15 is 0 Å². The number of anilines is 1. The van der Waals surface area contributed by atoms with Gasteiger partial charge >= 0.3 is 6.18 Å². The average Bonchev–Trinajstić information content (AvgIpc) is 2.59. The lowest BCUT2D eigenvalue weighted by Gasteiger charge is -2.11. The van der Waals surface area contributed by atoms with Gasteiger partial charge < -0.3 is 5.32 Å². The number of sulfonamides is 1. The van der Waals surface area contributed by atoms with Crippen LogP contribution in [0.1, 0.15) is 24.5 Å². The van der Waals surface area contributed by atoms with Gasteiger partial charge in [-0.05, 0) is 67.9 Å². The lowest BCUT2D eigenvalue weighted by Crippen LogP contribution is -2.17. The van der Waals surface area contributed by atoms with E-state index in [-0.39, 0.29) is 4.90 Å². The molecule has 0 aromatic heterocycles. The van der Waals surface area contributed by atoms with Crippen molar-refractivity contribution in [3.63, 3.8) is 0 Å². The van der Waals surface area contributed by atoms with Crippen LogP contribution in [0.4, 0.5) is 18.9 Å². The van der Waals surface area contributed by atoms with Gasteiger partial charge in [0.1, 0.15) is 0 Å². The summed E-state index contributed by atoms with van der Waals surface area (Å²) in [6.45, 7) is 3.88.